The molecule has 1 unspecified atom stereocenters. The second kappa shape index (κ2) is 11.1. The second-order valence-electron chi connectivity index (χ2n) is 6.25. The molecule has 2 rings (SSSR count). The third-order valence-corrected chi connectivity index (χ3v) is 6.76. The molecule has 0 aromatic heterocycles. The first-order chi connectivity index (χ1) is 12.6. The summed E-state index contributed by atoms with van der Waals surface area (Å²) in [6.07, 6.45) is 2.88. The Hall–Kier alpha value is -1.72. The van der Waals surface area contributed by atoms with Crippen LogP contribution < -0.4 is 4.90 Å². The van der Waals surface area contributed by atoms with Gasteiger partial charge in [0, 0.05) is 41.9 Å². The zero-order chi connectivity index (χ0) is 18.8. The van der Waals surface area contributed by atoms with Crippen molar-refractivity contribution in [2.24, 2.45) is 0 Å². The summed E-state index contributed by atoms with van der Waals surface area (Å²) in [5.74, 6) is 2.67. The second-order valence-corrected chi connectivity index (χ2v) is 8.95. The third kappa shape index (κ3) is 6.54. The Morgan fingerprint density at radius 2 is 1.42 bits per heavy atom. The number of benzene rings is 2. The molecule has 0 fully saturated rings. The van der Waals surface area contributed by atoms with Crippen LogP contribution in [0.15, 0.2) is 48.5 Å². The maximum absolute atomic E-state index is 10.7. The van der Waals surface area contributed by atoms with Crippen molar-refractivity contribution in [1.29, 1.82) is 0 Å². The minimum Gasteiger partial charge on any atom is -0.374 e. The summed E-state index contributed by atoms with van der Waals surface area (Å²) < 4.78 is 0. The minimum absolute atomic E-state index is 0.503. The molecule has 0 amide bonds. The first-order valence-electron chi connectivity index (χ1n) is 8.70. The molecule has 138 valence electrons. The average Bonchev–Trinajstić information content (AvgIpc) is 2.70. The van der Waals surface area contributed by atoms with Crippen molar-refractivity contribution in [2.75, 3.05) is 30.0 Å². The largest absolute Gasteiger partial charge is 0.374 e. The molecule has 2 aromatic carbocycles. The van der Waals surface area contributed by atoms with Crippen LogP contribution in [-0.2, 0) is 0 Å². The molecule has 0 N–H and O–H groups in total. The van der Waals surface area contributed by atoms with Crippen LogP contribution in [0.2, 0.25) is 0 Å². The van der Waals surface area contributed by atoms with Crippen molar-refractivity contribution in [3.05, 3.63) is 65.2 Å². The first kappa shape index (κ1) is 20.6. The quantitative estimate of drug-likeness (QED) is 0.296. The highest BCUT2D eigenvalue weighted by Crippen LogP contribution is 2.27. The maximum Gasteiger partial charge on any atom is 0.150 e. The van der Waals surface area contributed by atoms with E-state index in [4.69, 9.17) is 0 Å². The van der Waals surface area contributed by atoms with E-state index in [1.807, 2.05) is 58.0 Å². The SMILES string of the molecule is CC(CCSSCCN(C)c1ccc(C=O)cc1)c1ccc(C=O)cc1. The number of carbonyl (C=O) groups is 2. The molecule has 0 aliphatic heterocycles. The van der Waals surface area contributed by atoms with E-state index < -0.39 is 0 Å². The van der Waals surface area contributed by atoms with E-state index in [9.17, 15) is 9.59 Å². The lowest BCUT2D eigenvalue weighted by Gasteiger charge is -2.19. The zero-order valence-corrected chi connectivity index (χ0v) is 16.9. The van der Waals surface area contributed by atoms with Crippen molar-refractivity contribution in [2.45, 2.75) is 19.3 Å². The molecule has 26 heavy (non-hydrogen) atoms. The van der Waals surface area contributed by atoms with Gasteiger partial charge in [0.05, 0.1) is 0 Å². The van der Waals surface area contributed by atoms with Crippen LogP contribution in [0.5, 0.6) is 0 Å². The summed E-state index contributed by atoms with van der Waals surface area (Å²) in [6, 6.07) is 15.6. The Morgan fingerprint density at radius 3 is 2.00 bits per heavy atom. The summed E-state index contributed by atoms with van der Waals surface area (Å²) in [5.41, 5.74) is 3.87. The number of hydrogen-bond donors (Lipinski definition) is 0. The van der Waals surface area contributed by atoms with E-state index in [2.05, 4.69) is 31.0 Å². The van der Waals surface area contributed by atoms with Gasteiger partial charge >= 0.3 is 0 Å². The Bertz CT molecular complexity index is 625. The van der Waals surface area contributed by atoms with Gasteiger partial charge in [0.25, 0.3) is 0 Å². The summed E-state index contributed by atoms with van der Waals surface area (Å²) >= 11 is 0. The highest BCUT2D eigenvalue weighted by atomic mass is 33.1. The molecule has 0 bridgehead atoms. The molecular weight excluding hydrogens is 362 g/mol. The van der Waals surface area contributed by atoms with Crippen LogP contribution >= 0.6 is 21.6 Å². The summed E-state index contributed by atoms with van der Waals surface area (Å²) in [7, 11) is 5.89. The molecule has 2 aromatic rings. The number of rotatable bonds is 11. The highest BCUT2D eigenvalue weighted by Gasteiger charge is 2.06. The Kier molecular flexibility index (Phi) is 8.78. The topological polar surface area (TPSA) is 37.4 Å². The molecule has 0 radical (unpaired) electrons. The lowest BCUT2D eigenvalue weighted by Crippen LogP contribution is -2.19. The van der Waals surface area contributed by atoms with E-state index in [1.165, 1.54) is 5.56 Å². The van der Waals surface area contributed by atoms with Crippen LogP contribution in [0.4, 0.5) is 5.69 Å². The van der Waals surface area contributed by atoms with Gasteiger partial charge in [-0.15, -0.1) is 0 Å². The van der Waals surface area contributed by atoms with Gasteiger partial charge in [0.2, 0.25) is 0 Å². The molecule has 0 spiro atoms. The van der Waals surface area contributed by atoms with Crippen molar-refractivity contribution in [3.8, 4) is 0 Å². The van der Waals surface area contributed by atoms with Crippen molar-refractivity contribution < 1.29 is 9.59 Å². The fourth-order valence-electron chi connectivity index (χ4n) is 2.52. The lowest BCUT2D eigenvalue weighted by atomic mass is 9.98. The number of anilines is 1. The molecule has 1 atom stereocenters. The lowest BCUT2D eigenvalue weighted by molar-refractivity contribution is 0.111. The maximum atomic E-state index is 10.7. The average molecular weight is 388 g/mol. The number of carbonyl (C=O) groups excluding carboxylic acids is 2. The number of hydrogen-bond acceptors (Lipinski definition) is 5. The Balaban J connectivity index is 1.62. The van der Waals surface area contributed by atoms with Gasteiger partial charge in [-0.05, 0) is 42.2 Å². The van der Waals surface area contributed by atoms with E-state index in [0.717, 1.165) is 48.3 Å². The summed E-state index contributed by atoms with van der Waals surface area (Å²) in [6.45, 7) is 3.21. The van der Waals surface area contributed by atoms with Gasteiger partial charge in [-0.1, -0.05) is 52.8 Å². The Morgan fingerprint density at radius 1 is 0.885 bits per heavy atom. The van der Waals surface area contributed by atoms with Crippen LogP contribution in [0.25, 0.3) is 0 Å². The van der Waals surface area contributed by atoms with E-state index in [-0.39, 0.29) is 0 Å². The minimum atomic E-state index is 0.503. The first-order valence-corrected chi connectivity index (χ1v) is 11.2. The predicted octanol–water partition coefficient (Wildman–Crippen LogP) is 5.32. The fourth-order valence-corrected chi connectivity index (χ4v) is 4.78. The van der Waals surface area contributed by atoms with Gasteiger partial charge < -0.3 is 4.90 Å². The fraction of sp³-hybridized carbons (Fsp3) is 0.333. The zero-order valence-electron chi connectivity index (χ0n) is 15.3. The van der Waals surface area contributed by atoms with Crippen molar-refractivity contribution >= 4 is 39.8 Å². The Labute approximate surface area is 164 Å². The molecule has 0 heterocycles. The van der Waals surface area contributed by atoms with Gasteiger partial charge in [0.15, 0.2) is 0 Å². The van der Waals surface area contributed by atoms with Crippen LogP contribution in [-0.4, -0.2) is 37.7 Å². The molecule has 0 aliphatic rings. The summed E-state index contributed by atoms with van der Waals surface area (Å²) in [5, 5.41) is 0. The number of aldehydes is 2. The van der Waals surface area contributed by atoms with Gasteiger partial charge in [0.1, 0.15) is 12.6 Å². The van der Waals surface area contributed by atoms with Crippen LogP contribution in [0.3, 0.4) is 0 Å². The summed E-state index contributed by atoms with van der Waals surface area (Å²) in [4.78, 5) is 23.6. The van der Waals surface area contributed by atoms with E-state index in [1.54, 1.807) is 0 Å². The van der Waals surface area contributed by atoms with Crippen molar-refractivity contribution in [1.82, 2.24) is 0 Å². The molecule has 5 heteroatoms. The molecule has 0 saturated carbocycles. The van der Waals surface area contributed by atoms with Crippen molar-refractivity contribution in [3.63, 3.8) is 0 Å². The monoisotopic (exact) mass is 387 g/mol. The molecule has 0 saturated heterocycles. The predicted molar refractivity (Wildman–Crippen MR) is 115 cm³/mol. The van der Waals surface area contributed by atoms with E-state index in [0.29, 0.717) is 11.5 Å². The highest BCUT2D eigenvalue weighted by molar-refractivity contribution is 8.76. The van der Waals surface area contributed by atoms with Gasteiger partial charge in [-0.2, -0.15) is 0 Å². The van der Waals surface area contributed by atoms with Crippen LogP contribution in [0.1, 0.15) is 45.5 Å². The van der Waals surface area contributed by atoms with Crippen LogP contribution in [0, 0.1) is 0 Å². The van der Waals surface area contributed by atoms with E-state index >= 15 is 0 Å². The van der Waals surface area contributed by atoms with Gasteiger partial charge in [-0.3, -0.25) is 9.59 Å². The third-order valence-electron chi connectivity index (χ3n) is 4.34. The van der Waals surface area contributed by atoms with Gasteiger partial charge in [-0.25, -0.2) is 0 Å². The standard InChI is InChI=1S/C21H25NO2S2/c1-17(20-7-3-18(15-23)4-8-20)11-13-25-26-14-12-22(2)21-9-5-19(16-24)6-10-21/h3-10,15-17H,11-14H2,1-2H3. The molecular formula is C21H25NO2S2. The normalized spacial score (nSPS) is 11.8. The molecule has 3 nitrogen and oxygen atoms in total. The smallest absolute Gasteiger partial charge is 0.150 e. The molecule has 0 aliphatic carbocycles. The number of nitrogens with zero attached hydrogens (tertiary/aromatic N) is 1.